The van der Waals surface area contributed by atoms with Crippen LogP contribution >= 0.6 is 0 Å². The molecular weight excluding hydrogens is 263 g/mol. The first-order valence-electron chi connectivity index (χ1n) is 5.89. The van der Waals surface area contributed by atoms with Crippen LogP contribution in [0, 0.1) is 5.82 Å². The van der Waals surface area contributed by atoms with Gasteiger partial charge in [-0.05, 0) is 29.8 Å². The number of methoxy groups -OCH3 is 1. The molecule has 0 heterocycles. The van der Waals surface area contributed by atoms with Crippen molar-refractivity contribution in [3.63, 3.8) is 0 Å². The van der Waals surface area contributed by atoms with Gasteiger partial charge in [0, 0.05) is 7.11 Å². The second kappa shape index (κ2) is 6.16. The van der Waals surface area contributed by atoms with Crippen molar-refractivity contribution in [1.82, 2.24) is 0 Å². The number of hydrogen-bond acceptors (Lipinski definition) is 3. The van der Waals surface area contributed by atoms with Crippen LogP contribution in [0.4, 0.5) is 4.39 Å². The van der Waals surface area contributed by atoms with Crippen LogP contribution in [0.15, 0.2) is 42.5 Å². The summed E-state index contributed by atoms with van der Waals surface area (Å²) in [5, 5.41) is 9.04. The number of halogens is 1. The zero-order valence-electron chi connectivity index (χ0n) is 10.8. The van der Waals surface area contributed by atoms with Crippen molar-refractivity contribution in [1.29, 1.82) is 0 Å². The largest absolute Gasteiger partial charge is 0.478 e. The number of hydrogen-bond donors (Lipinski definition) is 1. The van der Waals surface area contributed by atoms with E-state index in [-0.39, 0.29) is 11.3 Å². The molecule has 0 atom stereocenters. The van der Waals surface area contributed by atoms with E-state index in [1.165, 1.54) is 12.1 Å². The van der Waals surface area contributed by atoms with Crippen LogP contribution < -0.4 is 4.74 Å². The Morgan fingerprint density at radius 1 is 1.25 bits per heavy atom. The molecule has 0 aliphatic rings. The number of carbonyl (C=O) groups is 1. The molecule has 2 aromatic carbocycles. The van der Waals surface area contributed by atoms with E-state index >= 15 is 0 Å². The van der Waals surface area contributed by atoms with E-state index in [0.717, 1.165) is 11.6 Å². The van der Waals surface area contributed by atoms with Crippen LogP contribution in [0.3, 0.4) is 0 Å². The van der Waals surface area contributed by atoms with Crippen molar-refractivity contribution >= 4 is 5.97 Å². The maximum Gasteiger partial charge on any atom is 0.339 e. The SMILES string of the molecule is COCc1cccc(Oc2c(F)cccc2C(=O)O)c1. The molecule has 0 spiro atoms. The van der Waals surface area contributed by atoms with Gasteiger partial charge in [-0.15, -0.1) is 0 Å². The monoisotopic (exact) mass is 276 g/mol. The van der Waals surface area contributed by atoms with E-state index in [1.807, 2.05) is 6.07 Å². The van der Waals surface area contributed by atoms with E-state index in [4.69, 9.17) is 14.6 Å². The summed E-state index contributed by atoms with van der Waals surface area (Å²) in [5.41, 5.74) is 0.625. The van der Waals surface area contributed by atoms with Gasteiger partial charge in [0.2, 0.25) is 0 Å². The fraction of sp³-hybridized carbons (Fsp3) is 0.133. The van der Waals surface area contributed by atoms with Crippen molar-refractivity contribution in [2.45, 2.75) is 6.61 Å². The Morgan fingerprint density at radius 3 is 2.70 bits per heavy atom. The summed E-state index contributed by atoms with van der Waals surface area (Å²) < 4.78 is 24.1. The number of para-hydroxylation sites is 1. The van der Waals surface area contributed by atoms with Gasteiger partial charge >= 0.3 is 5.97 Å². The minimum Gasteiger partial charge on any atom is -0.478 e. The number of rotatable bonds is 5. The van der Waals surface area contributed by atoms with Crippen LogP contribution in [0.1, 0.15) is 15.9 Å². The van der Waals surface area contributed by atoms with Crippen LogP contribution in [-0.2, 0) is 11.3 Å². The molecule has 0 saturated carbocycles. The molecule has 2 aromatic rings. The molecule has 0 saturated heterocycles. The molecule has 104 valence electrons. The van der Waals surface area contributed by atoms with Crippen molar-refractivity contribution in [3.05, 3.63) is 59.4 Å². The predicted octanol–water partition coefficient (Wildman–Crippen LogP) is 3.46. The van der Waals surface area contributed by atoms with Gasteiger partial charge in [0.1, 0.15) is 11.3 Å². The van der Waals surface area contributed by atoms with Crippen molar-refractivity contribution in [2.75, 3.05) is 7.11 Å². The zero-order valence-corrected chi connectivity index (χ0v) is 10.8. The van der Waals surface area contributed by atoms with Crippen molar-refractivity contribution < 1.29 is 23.8 Å². The normalized spacial score (nSPS) is 10.3. The summed E-state index contributed by atoms with van der Waals surface area (Å²) in [6, 6.07) is 10.6. The lowest BCUT2D eigenvalue weighted by atomic mass is 10.2. The Hall–Kier alpha value is -2.40. The lowest BCUT2D eigenvalue weighted by molar-refractivity contribution is 0.0693. The van der Waals surface area contributed by atoms with Crippen LogP contribution in [-0.4, -0.2) is 18.2 Å². The van der Waals surface area contributed by atoms with Crippen molar-refractivity contribution in [2.24, 2.45) is 0 Å². The van der Waals surface area contributed by atoms with Gasteiger partial charge in [0.15, 0.2) is 11.6 Å². The van der Waals surface area contributed by atoms with E-state index < -0.39 is 11.8 Å². The number of aromatic carboxylic acids is 1. The van der Waals surface area contributed by atoms with Gasteiger partial charge in [-0.25, -0.2) is 9.18 Å². The maximum absolute atomic E-state index is 13.7. The summed E-state index contributed by atoms with van der Waals surface area (Å²) in [6.45, 7) is 0.389. The van der Waals surface area contributed by atoms with E-state index in [2.05, 4.69) is 0 Å². The Labute approximate surface area is 115 Å². The van der Waals surface area contributed by atoms with Gasteiger partial charge in [-0.3, -0.25) is 0 Å². The Balaban J connectivity index is 2.34. The average Bonchev–Trinajstić information content (AvgIpc) is 2.41. The fourth-order valence-electron chi connectivity index (χ4n) is 1.76. The summed E-state index contributed by atoms with van der Waals surface area (Å²) in [6.07, 6.45) is 0. The highest BCUT2D eigenvalue weighted by molar-refractivity contribution is 5.91. The third-order valence-corrected chi connectivity index (χ3v) is 2.63. The van der Waals surface area contributed by atoms with Gasteiger partial charge in [0.25, 0.3) is 0 Å². The minimum absolute atomic E-state index is 0.220. The van der Waals surface area contributed by atoms with Gasteiger partial charge in [-0.2, -0.15) is 0 Å². The van der Waals surface area contributed by atoms with E-state index in [0.29, 0.717) is 12.4 Å². The third kappa shape index (κ3) is 3.13. The molecule has 0 aliphatic carbocycles. The quantitative estimate of drug-likeness (QED) is 0.908. The molecule has 0 aliphatic heterocycles. The number of benzene rings is 2. The minimum atomic E-state index is -1.24. The second-order valence-electron chi connectivity index (χ2n) is 4.10. The predicted molar refractivity (Wildman–Crippen MR) is 70.6 cm³/mol. The smallest absolute Gasteiger partial charge is 0.339 e. The molecule has 20 heavy (non-hydrogen) atoms. The zero-order chi connectivity index (χ0) is 14.5. The van der Waals surface area contributed by atoms with E-state index in [1.54, 1.807) is 25.3 Å². The molecule has 1 N–H and O–H groups in total. The molecule has 4 nitrogen and oxygen atoms in total. The molecule has 0 fully saturated rings. The molecular formula is C15H13FO4. The second-order valence-corrected chi connectivity index (χ2v) is 4.10. The molecule has 0 bridgehead atoms. The van der Waals surface area contributed by atoms with Gasteiger partial charge in [0.05, 0.1) is 6.61 Å². The highest BCUT2D eigenvalue weighted by atomic mass is 19.1. The first-order chi connectivity index (χ1) is 9.61. The summed E-state index contributed by atoms with van der Waals surface area (Å²) >= 11 is 0. The highest BCUT2D eigenvalue weighted by Gasteiger charge is 2.16. The first-order valence-corrected chi connectivity index (χ1v) is 5.89. The van der Waals surface area contributed by atoms with Crippen LogP contribution in [0.5, 0.6) is 11.5 Å². The topological polar surface area (TPSA) is 55.8 Å². The standard InChI is InChI=1S/C15H13FO4/c1-19-9-10-4-2-5-11(8-10)20-14-12(15(17)18)6-3-7-13(14)16/h2-8H,9H2,1H3,(H,17,18). The van der Waals surface area contributed by atoms with Gasteiger partial charge in [-0.1, -0.05) is 18.2 Å². The summed E-state index contributed by atoms with van der Waals surface area (Å²) in [7, 11) is 1.56. The Morgan fingerprint density at radius 2 is 2.00 bits per heavy atom. The molecule has 0 radical (unpaired) electrons. The molecule has 0 aromatic heterocycles. The van der Waals surface area contributed by atoms with Crippen molar-refractivity contribution in [3.8, 4) is 11.5 Å². The summed E-state index contributed by atoms with van der Waals surface area (Å²) in [4.78, 5) is 11.1. The molecule has 5 heteroatoms. The molecule has 0 amide bonds. The van der Waals surface area contributed by atoms with Crippen LogP contribution in [0.2, 0.25) is 0 Å². The Kier molecular flexibility index (Phi) is 4.32. The van der Waals surface area contributed by atoms with Crippen LogP contribution in [0.25, 0.3) is 0 Å². The third-order valence-electron chi connectivity index (χ3n) is 2.63. The maximum atomic E-state index is 13.7. The number of ether oxygens (including phenoxy) is 2. The molecule has 2 rings (SSSR count). The van der Waals surface area contributed by atoms with Gasteiger partial charge < -0.3 is 14.6 Å². The Bertz CT molecular complexity index is 625. The average molecular weight is 276 g/mol. The lowest BCUT2D eigenvalue weighted by Gasteiger charge is -2.10. The first kappa shape index (κ1) is 14.0. The molecule has 0 unspecified atom stereocenters. The lowest BCUT2D eigenvalue weighted by Crippen LogP contribution is -2.02. The highest BCUT2D eigenvalue weighted by Crippen LogP contribution is 2.29. The number of carboxylic acid groups (broad SMARTS) is 1. The fourth-order valence-corrected chi connectivity index (χ4v) is 1.76. The number of carboxylic acids is 1. The van der Waals surface area contributed by atoms with E-state index in [9.17, 15) is 9.18 Å². The summed E-state index contributed by atoms with van der Waals surface area (Å²) in [5.74, 6) is -1.91.